The molecule has 0 bridgehead atoms. The van der Waals surface area contributed by atoms with E-state index >= 15 is 0 Å². The Balaban J connectivity index is 4.49. The lowest BCUT2D eigenvalue weighted by atomic mass is 10.1. The monoisotopic (exact) mass is 927 g/mol. The molecular weight excluding hydrogens is 829 g/mol. The first-order valence-electron chi connectivity index (χ1n) is 27.0. The summed E-state index contributed by atoms with van der Waals surface area (Å²) < 4.78 is 16.8. The van der Waals surface area contributed by atoms with Crippen LogP contribution >= 0.6 is 0 Å². The summed E-state index contributed by atoms with van der Waals surface area (Å²) in [5.74, 6) is -0.984. The Morgan fingerprint density at radius 3 is 0.955 bits per heavy atom. The molecule has 0 heterocycles. The smallest absolute Gasteiger partial charge is 0.306 e. The summed E-state index contributed by atoms with van der Waals surface area (Å²) in [5.41, 5.74) is 0. The normalized spacial score (nSPS) is 13.1. The van der Waals surface area contributed by atoms with Crippen molar-refractivity contribution in [3.05, 3.63) is 122 Å². The van der Waals surface area contributed by atoms with Gasteiger partial charge in [-0.3, -0.25) is 14.4 Å². The quantitative estimate of drug-likeness (QED) is 0.0262. The minimum absolute atomic E-state index is 0.109. The maximum atomic E-state index is 12.8. The highest BCUT2D eigenvalue weighted by atomic mass is 16.6. The van der Waals surface area contributed by atoms with Crippen molar-refractivity contribution in [3.8, 4) is 0 Å². The minimum Gasteiger partial charge on any atom is -0.462 e. The molecule has 0 aromatic carbocycles. The number of allylic oxidation sites excluding steroid dienone is 20. The van der Waals surface area contributed by atoms with E-state index in [1.165, 1.54) is 38.5 Å². The minimum atomic E-state index is -0.814. The molecule has 0 aliphatic carbocycles. The molecule has 0 spiro atoms. The number of unbranched alkanes of at least 4 members (excludes halogenated alkanes) is 16. The van der Waals surface area contributed by atoms with Gasteiger partial charge in [0.1, 0.15) is 13.2 Å². The van der Waals surface area contributed by atoms with Gasteiger partial charge in [0.15, 0.2) is 6.10 Å². The molecule has 0 aromatic rings. The second-order valence-electron chi connectivity index (χ2n) is 17.4. The van der Waals surface area contributed by atoms with Crippen LogP contribution in [0.4, 0.5) is 0 Å². The van der Waals surface area contributed by atoms with E-state index in [-0.39, 0.29) is 37.5 Å². The summed E-state index contributed by atoms with van der Waals surface area (Å²) in [7, 11) is 0. The van der Waals surface area contributed by atoms with Gasteiger partial charge in [-0.15, -0.1) is 0 Å². The zero-order valence-corrected chi connectivity index (χ0v) is 43.1. The molecule has 0 aromatic heterocycles. The molecule has 0 aliphatic rings. The second kappa shape index (κ2) is 54.4. The van der Waals surface area contributed by atoms with E-state index in [0.29, 0.717) is 19.3 Å². The molecule has 0 amide bonds. The fraction of sp³-hybridized carbons (Fsp3) is 0.623. The Kier molecular flexibility index (Phi) is 51.0. The Labute approximate surface area is 412 Å². The average Bonchev–Trinajstić information content (AvgIpc) is 3.33. The lowest BCUT2D eigenvalue weighted by Crippen LogP contribution is -2.30. The summed E-state index contributed by atoms with van der Waals surface area (Å²) in [6.45, 7) is 6.32. The van der Waals surface area contributed by atoms with E-state index in [1.807, 2.05) is 0 Å². The van der Waals surface area contributed by atoms with Gasteiger partial charge in [-0.05, 0) is 128 Å². The van der Waals surface area contributed by atoms with Crippen molar-refractivity contribution in [2.45, 2.75) is 232 Å². The molecule has 6 nitrogen and oxygen atoms in total. The molecule has 0 N–H and O–H groups in total. The molecule has 378 valence electrons. The Hall–Kier alpha value is -4.19. The van der Waals surface area contributed by atoms with Gasteiger partial charge in [-0.2, -0.15) is 0 Å². The molecular formula is C61H98O6. The van der Waals surface area contributed by atoms with Gasteiger partial charge in [0.05, 0.1) is 0 Å². The van der Waals surface area contributed by atoms with Crippen LogP contribution in [-0.2, 0) is 28.6 Å². The van der Waals surface area contributed by atoms with Gasteiger partial charge in [0.25, 0.3) is 0 Å². The first-order chi connectivity index (χ1) is 33.0. The predicted octanol–water partition coefficient (Wildman–Crippen LogP) is 18.1. The van der Waals surface area contributed by atoms with Crippen LogP contribution in [0, 0.1) is 0 Å². The fourth-order valence-corrected chi connectivity index (χ4v) is 6.92. The number of carbonyl (C=O) groups is 3. The van der Waals surface area contributed by atoms with Crippen molar-refractivity contribution in [2.24, 2.45) is 0 Å². The van der Waals surface area contributed by atoms with Crippen LogP contribution in [0.3, 0.4) is 0 Å². The molecule has 0 saturated heterocycles. The van der Waals surface area contributed by atoms with Crippen molar-refractivity contribution in [1.82, 2.24) is 0 Å². The van der Waals surface area contributed by atoms with Crippen LogP contribution in [0.2, 0.25) is 0 Å². The van der Waals surface area contributed by atoms with Gasteiger partial charge in [0.2, 0.25) is 0 Å². The molecule has 6 heteroatoms. The van der Waals surface area contributed by atoms with E-state index < -0.39 is 6.10 Å². The van der Waals surface area contributed by atoms with Crippen LogP contribution < -0.4 is 0 Å². The third kappa shape index (κ3) is 52.6. The maximum Gasteiger partial charge on any atom is 0.306 e. The standard InChI is InChI=1S/C61H98O6/c1-4-7-10-13-16-19-22-25-27-28-29-30-31-32-34-36-39-42-45-48-51-54-60(63)66-57-58(56-65-59(62)53-50-47-44-41-38-35-24-21-18-15-12-9-6-3)67-61(64)55-52-49-46-43-40-37-33-26-23-20-17-14-11-8-5-2/h7-8,10-11,16-17,19-21,24-27,29-30,32-34,40,43,58H,4-6,9,12-15,18,22-23,28,31,35-39,41-42,44-57H2,1-3H3/b10-7-,11-8-,19-16-,20-17-,24-21-,27-25-,30-29-,33-26-,34-32-,43-40-. The molecule has 67 heavy (non-hydrogen) atoms. The summed E-state index contributed by atoms with van der Waals surface area (Å²) in [5, 5.41) is 0. The largest absolute Gasteiger partial charge is 0.462 e. The van der Waals surface area contributed by atoms with E-state index in [0.717, 1.165) is 141 Å². The van der Waals surface area contributed by atoms with Gasteiger partial charge in [-0.1, -0.05) is 200 Å². The Morgan fingerprint density at radius 1 is 0.313 bits per heavy atom. The van der Waals surface area contributed by atoms with Gasteiger partial charge < -0.3 is 14.2 Å². The number of carbonyl (C=O) groups excluding carboxylic acids is 3. The third-order valence-corrected chi connectivity index (χ3v) is 10.9. The third-order valence-electron chi connectivity index (χ3n) is 10.9. The first kappa shape index (κ1) is 62.8. The summed E-state index contributed by atoms with van der Waals surface area (Å²) in [6, 6.07) is 0. The summed E-state index contributed by atoms with van der Waals surface area (Å²) in [6.07, 6.45) is 74.7. The molecule has 1 unspecified atom stereocenters. The van der Waals surface area contributed by atoms with Crippen LogP contribution in [-0.4, -0.2) is 37.2 Å². The molecule has 0 rings (SSSR count). The van der Waals surface area contributed by atoms with Crippen LogP contribution in [0.25, 0.3) is 0 Å². The average molecular weight is 927 g/mol. The van der Waals surface area contributed by atoms with Crippen molar-refractivity contribution < 1.29 is 28.6 Å². The number of ether oxygens (including phenoxy) is 3. The lowest BCUT2D eigenvalue weighted by molar-refractivity contribution is -0.167. The highest BCUT2D eigenvalue weighted by Crippen LogP contribution is 2.13. The Morgan fingerprint density at radius 2 is 0.582 bits per heavy atom. The van der Waals surface area contributed by atoms with Crippen molar-refractivity contribution in [2.75, 3.05) is 13.2 Å². The molecule has 0 fully saturated rings. The van der Waals surface area contributed by atoms with Gasteiger partial charge >= 0.3 is 17.9 Å². The fourth-order valence-electron chi connectivity index (χ4n) is 6.92. The zero-order valence-electron chi connectivity index (χ0n) is 43.1. The molecule has 0 saturated carbocycles. The zero-order chi connectivity index (χ0) is 48.6. The van der Waals surface area contributed by atoms with E-state index in [9.17, 15) is 14.4 Å². The molecule has 1 atom stereocenters. The van der Waals surface area contributed by atoms with E-state index in [4.69, 9.17) is 14.2 Å². The lowest BCUT2D eigenvalue weighted by Gasteiger charge is -2.18. The highest BCUT2D eigenvalue weighted by Gasteiger charge is 2.19. The molecule has 0 aliphatic heterocycles. The van der Waals surface area contributed by atoms with Crippen molar-refractivity contribution in [1.29, 1.82) is 0 Å². The van der Waals surface area contributed by atoms with Gasteiger partial charge in [-0.25, -0.2) is 0 Å². The van der Waals surface area contributed by atoms with Crippen molar-refractivity contribution >= 4 is 17.9 Å². The summed E-state index contributed by atoms with van der Waals surface area (Å²) in [4.78, 5) is 38.0. The summed E-state index contributed by atoms with van der Waals surface area (Å²) >= 11 is 0. The topological polar surface area (TPSA) is 78.9 Å². The number of rotatable bonds is 47. The van der Waals surface area contributed by atoms with Crippen LogP contribution in [0.15, 0.2) is 122 Å². The highest BCUT2D eigenvalue weighted by molar-refractivity contribution is 5.71. The molecule has 0 radical (unpaired) electrons. The Bertz CT molecular complexity index is 1440. The van der Waals surface area contributed by atoms with E-state index in [1.54, 1.807) is 0 Å². The number of hydrogen-bond donors (Lipinski definition) is 0. The van der Waals surface area contributed by atoms with Crippen molar-refractivity contribution in [3.63, 3.8) is 0 Å². The maximum absolute atomic E-state index is 12.8. The van der Waals surface area contributed by atoms with Gasteiger partial charge in [0, 0.05) is 19.3 Å². The number of esters is 3. The van der Waals surface area contributed by atoms with Crippen LogP contribution in [0.1, 0.15) is 226 Å². The number of hydrogen-bond acceptors (Lipinski definition) is 6. The predicted molar refractivity (Wildman–Crippen MR) is 288 cm³/mol. The SMILES string of the molecule is CC/C=C\C/C=C\C/C=C\C/C=C\C/C=C\CCCCCCCC(=O)OCC(COC(=O)CCCCCCC/C=C\CCCCCC)OC(=O)CCCC/C=C\C/C=C\C/C=C\C/C=C\CC. The van der Waals surface area contributed by atoms with E-state index in [2.05, 4.69) is 142 Å². The second-order valence-corrected chi connectivity index (χ2v) is 17.4. The van der Waals surface area contributed by atoms with Crippen LogP contribution in [0.5, 0.6) is 0 Å². The first-order valence-corrected chi connectivity index (χ1v) is 27.0.